The molecular weight excluding hydrogens is 252 g/mol. The van der Waals surface area contributed by atoms with Crippen molar-refractivity contribution in [1.29, 1.82) is 5.26 Å². The molecule has 1 heterocycles. The number of hydrogen-bond acceptors (Lipinski definition) is 3. The van der Waals surface area contributed by atoms with E-state index in [0.29, 0.717) is 13.2 Å². The summed E-state index contributed by atoms with van der Waals surface area (Å²) in [5, 5.41) is 8.59. The van der Waals surface area contributed by atoms with E-state index in [2.05, 4.69) is 6.58 Å². The molecule has 0 atom stereocenters. The molecule has 5 heteroatoms. The molecule has 1 saturated heterocycles. The van der Waals surface area contributed by atoms with E-state index in [0.717, 1.165) is 18.6 Å². The van der Waals surface area contributed by atoms with Gasteiger partial charge in [0.1, 0.15) is 23.3 Å². The van der Waals surface area contributed by atoms with Gasteiger partial charge in [0.15, 0.2) is 6.29 Å². The number of nitriles is 1. The van der Waals surface area contributed by atoms with Crippen molar-refractivity contribution in [3.63, 3.8) is 0 Å². The van der Waals surface area contributed by atoms with Gasteiger partial charge in [-0.05, 0) is 18.6 Å². The number of ether oxygens (including phenoxy) is 2. The lowest BCUT2D eigenvalue weighted by molar-refractivity contribution is -0.204. The summed E-state index contributed by atoms with van der Waals surface area (Å²) in [6.07, 6.45) is 1.75. The van der Waals surface area contributed by atoms with E-state index < -0.39 is 23.5 Å². The van der Waals surface area contributed by atoms with Gasteiger partial charge in [-0.15, -0.1) is 6.58 Å². The smallest absolute Gasteiger partial charge is 0.184 e. The second-order valence-corrected chi connectivity index (χ2v) is 4.36. The van der Waals surface area contributed by atoms with E-state index in [1.807, 2.05) is 0 Å². The molecule has 1 aliphatic heterocycles. The average Bonchev–Trinajstić information content (AvgIpc) is 2.39. The Balaban J connectivity index is 2.12. The van der Waals surface area contributed by atoms with Crippen LogP contribution in [-0.4, -0.2) is 13.2 Å². The Kier molecular flexibility index (Phi) is 4.25. The van der Waals surface area contributed by atoms with Crippen LogP contribution in [0.1, 0.15) is 23.8 Å². The van der Waals surface area contributed by atoms with Gasteiger partial charge in [0.2, 0.25) is 0 Å². The zero-order chi connectivity index (χ0) is 13.8. The molecule has 0 unspecified atom stereocenters. The molecule has 0 bridgehead atoms. The quantitative estimate of drug-likeness (QED) is 0.789. The topological polar surface area (TPSA) is 42.2 Å². The third kappa shape index (κ3) is 2.98. The van der Waals surface area contributed by atoms with Gasteiger partial charge in [-0.1, -0.05) is 6.08 Å². The van der Waals surface area contributed by atoms with Crippen molar-refractivity contribution >= 4 is 0 Å². The largest absolute Gasteiger partial charge is 0.348 e. The van der Waals surface area contributed by atoms with E-state index in [1.54, 1.807) is 6.08 Å². The van der Waals surface area contributed by atoms with Crippen LogP contribution in [0.2, 0.25) is 0 Å². The lowest BCUT2D eigenvalue weighted by Gasteiger charge is -2.29. The van der Waals surface area contributed by atoms with Gasteiger partial charge in [-0.25, -0.2) is 8.78 Å². The van der Waals surface area contributed by atoms with Crippen LogP contribution < -0.4 is 0 Å². The Morgan fingerprint density at radius 2 is 1.89 bits per heavy atom. The molecule has 100 valence electrons. The highest BCUT2D eigenvalue weighted by molar-refractivity contribution is 5.35. The van der Waals surface area contributed by atoms with Crippen molar-refractivity contribution in [2.75, 3.05) is 13.2 Å². The summed E-state index contributed by atoms with van der Waals surface area (Å²) < 4.78 is 37.8. The first-order valence-electron chi connectivity index (χ1n) is 5.88. The van der Waals surface area contributed by atoms with Crippen molar-refractivity contribution in [2.45, 2.75) is 12.7 Å². The first-order chi connectivity index (χ1) is 9.15. The molecule has 3 nitrogen and oxygen atoms in total. The minimum atomic E-state index is -0.905. The van der Waals surface area contributed by atoms with Crippen LogP contribution in [-0.2, 0) is 9.47 Å². The maximum Gasteiger partial charge on any atom is 0.184 e. The van der Waals surface area contributed by atoms with Crippen LogP contribution >= 0.6 is 0 Å². The number of benzene rings is 1. The molecule has 1 aliphatic rings. The molecule has 2 rings (SSSR count). The van der Waals surface area contributed by atoms with E-state index in [-0.39, 0.29) is 11.5 Å². The second kappa shape index (κ2) is 5.91. The average molecular weight is 265 g/mol. The van der Waals surface area contributed by atoms with E-state index in [4.69, 9.17) is 14.7 Å². The number of nitrogens with zero attached hydrogens (tertiary/aromatic N) is 1. The zero-order valence-electron chi connectivity index (χ0n) is 10.2. The van der Waals surface area contributed by atoms with Gasteiger partial charge in [-0.3, -0.25) is 0 Å². The van der Waals surface area contributed by atoms with Crippen molar-refractivity contribution in [1.82, 2.24) is 0 Å². The Bertz CT molecular complexity index is 494. The fourth-order valence-electron chi connectivity index (χ4n) is 1.94. The molecule has 0 radical (unpaired) electrons. The predicted octanol–water partition coefficient (Wildman–Crippen LogP) is 3.07. The summed E-state index contributed by atoms with van der Waals surface area (Å²) in [4.78, 5) is 0. The summed E-state index contributed by atoms with van der Waals surface area (Å²) in [7, 11) is 0. The third-order valence-electron chi connectivity index (χ3n) is 2.92. The van der Waals surface area contributed by atoms with Crippen molar-refractivity contribution < 1.29 is 18.3 Å². The predicted molar refractivity (Wildman–Crippen MR) is 64.0 cm³/mol. The van der Waals surface area contributed by atoms with Crippen LogP contribution in [0.5, 0.6) is 0 Å². The third-order valence-corrected chi connectivity index (χ3v) is 2.92. The molecule has 1 fully saturated rings. The van der Waals surface area contributed by atoms with Crippen LogP contribution in [0.15, 0.2) is 24.8 Å². The number of halogens is 2. The first kappa shape index (κ1) is 13.7. The molecule has 0 N–H and O–H groups in total. The molecule has 0 aliphatic carbocycles. The Hall–Kier alpha value is -1.77. The number of rotatable bonds is 3. The summed E-state index contributed by atoms with van der Waals surface area (Å²) in [5.41, 5.74) is -0.352. The lowest BCUT2D eigenvalue weighted by Crippen LogP contribution is -2.26. The Labute approximate surface area is 110 Å². The van der Waals surface area contributed by atoms with Crippen molar-refractivity contribution in [3.05, 3.63) is 47.5 Å². The Morgan fingerprint density at radius 3 is 2.37 bits per heavy atom. The highest BCUT2D eigenvalue weighted by atomic mass is 19.1. The summed E-state index contributed by atoms with van der Waals surface area (Å²) in [6.45, 7) is 4.52. The van der Waals surface area contributed by atoms with Crippen LogP contribution in [0, 0.1) is 28.9 Å². The van der Waals surface area contributed by atoms with E-state index >= 15 is 0 Å². The van der Waals surface area contributed by atoms with Gasteiger partial charge in [0.25, 0.3) is 0 Å². The summed E-state index contributed by atoms with van der Waals surface area (Å²) in [5.74, 6) is -1.60. The molecule has 0 amide bonds. The highest BCUT2D eigenvalue weighted by Crippen LogP contribution is 2.28. The minimum absolute atomic E-state index is 0.210. The van der Waals surface area contributed by atoms with Crippen molar-refractivity contribution in [2.24, 2.45) is 5.92 Å². The van der Waals surface area contributed by atoms with Gasteiger partial charge in [-0.2, -0.15) is 5.26 Å². The number of hydrogen-bond donors (Lipinski definition) is 0. The number of allylic oxidation sites excluding steroid dienone is 1. The molecule has 0 aromatic heterocycles. The maximum absolute atomic E-state index is 13.5. The highest BCUT2D eigenvalue weighted by Gasteiger charge is 2.24. The minimum Gasteiger partial charge on any atom is -0.348 e. The normalized spacial score (nSPS) is 22.8. The van der Waals surface area contributed by atoms with Crippen LogP contribution in [0.25, 0.3) is 0 Å². The molecule has 19 heavy (non-hydrogen) atoms. The summed E-state index contributed by atoms with van der Waals surface area (Å²) in [6, 6.07) is 3.61. The molecule has 0 spiro atoms. The standard InChI is InChI=1S/C14H13F2NO2/c1-2-3-9-7-18-14(19-8-9)10-4-12(15)11(6-17)13(16)5-10/h2,4-5,9,14H,1,3,7-8H2/t9-,14-. The Morgan fingerprint density at radius 1 is 1.32 bits per heavy atom. The van der Waals surface area contributed by atoms with Crippen molar-refractivity contribution in [3.8, 4) is 6.07 Å². The monoisotopic (exact) mass is 265 g/mol. The molecule has 0 saturated carbocycles. The SMILES string of the molecule is C=CC[C@H]1CO[C@H](c2cc(F)c(C#N)c(F)c2)OC1. The molecular formula is C14H13F2NO2. The fraction of sp³-hybridized carbons (Fsp3) is 0.357. The molecule has 1 aromatic carbocycles. The molecule has 1 aromatic rings. The van der Waals surface area contributed by atoms with Crippen LogP contribution in [0.4, 0.5) is 8.78 Å². The van der Waals surface area contributed by atoms with Gasteiger partial charge in [0, 0.05) is 11.5 Å². The summed E-state index contributed by atoms with van der Waals surface area (Å²) >= 11 is 0. The first-order valence-corrected chi connectivity index (χ1v) is 5.88. The van der Waals surface area contributed by atoms with E-state index in [9.17, 15) is 8.78 Å². The van der Waals surface area contributed by atoms with Crippen LogP contribution in [0.3, 0.4) is 0 Å². The maximum atomic E-state index is 13.5. The lowest BCUT2D eigenvalue weighted by atomic mass is 10.1. The van der Waals surface area contributed by atoms with Gasteiger partial charge < -0.3 is 9.47 Å². The van der Waals surface area contributed by atoms with Gasteiger partial charge in [0.05, 0.1) is 13.2 Å². The van der Waals surface area contributed by atoms with E-state index in [1.165, 1.54) is 6.07 Å². The fourth-order valence-corrected chi connectivity index (χ4v) is 1.94. The zero-order valence-corrected chi connectivity index (χ0v) is 10.2. The second-order valence-electron chi connectivity index (χ2n) is 4.36. The van der Waals surface area contributed by atoms with Gasteiger partial charge >= 0.3 is 0 Å².